The molecule has 0 bridgehead atoms. The molecule has 0 unspecified atom stereocenters. The van der Waals surface area contributed by atoms with E-state index in [1.807, 2.05) is 24.0 Å². The zero-order valence-electron chi connectivity index (χ0n) is 9.61. The SMILES string of the molecule is Cc1ccc(/C=C\C(=O)N2CCCCC2)o1. The topological polar surface area (TPSA) is 33.5 Å². The summed E-state index contributed by atoms with van der Waals surface area (Å²) in [5.74, 6) is 1.70. The van der Waals surface area contributed by atoms with Crippen LogP contribution in [0.5, 0.6) is 0 Å². The quantitative estimate of drug-likeness (QED) is 0.716. The second-order valence-electron chi connectivity index (χ2n) is 4.17. The third-order valence-electron chi connectivity index (χ3n) is 2.82. The number of carbonyl (C=O) groups is 1. The maximum absolute atomic E-state index is 11.8. The highest BCUT2D eigenvalue weighted by molar-refractivity contribution is 5.91. The second-order valence-corrected chi connectivity index (χ2v) is 4.17. The van der Waals surface area contributed by atoms with Crippen LogP contribution in [-0.4, -0.2) is 23.9 Å². The van der Waals surface area contributed by atoms with Crippen LogP contribution < -0.4 is 0 Å². The fraction of sp³-hybridized carbons (Fsp3) is 0.462. The van der Waals surface area contributed by atoms with E-state index >= 15 is 0 Å². The number of hydrogen-bond acceptors (Lipinski definition) is 2. The third-order valence-corrected chi connectivity index (χ3v) is 2.82. The van der Waals surface area contributed by atoms with E-state index in [1.54, 1.807) is 12.2 Å². The van der Waals surface area contributed by atoms with Crippen LogP contribution in [0, 0.1) is 6.92 Å². The maximum atomic E-state index is 11.8. The minimum absolute atomic E-state index is 0.0914. The number of rotatable bonds is 2. The molecule has 0 saturated carbocycles. The van der Waals surface area contributed by atoms with Crippen LogP contribution in [0.1, 0.15) is 30.8 Å². The van der Waals surface area contributed by atoms with Gasteiger partial charge in [0.1, 0.15) is 11.5 Å². The Morgan fingerprint density at radius 2 is 2.06 bits per heavy atom. The van der Waals surface area contributed by atoms with Gasteiger partial charge in [-0.25, -0.2) is 0 Å². The number of piperidine rings is 1. The molecule has 16 heavy (non-hydrogen) atoms. The molecule has 0 atom stereocenters. The molecular weight excluding hydrogens is 202 g/mol. The van der Waals surface area contributed by atoms with Crippen molar-refractivity contribution in [3.8, 4) is 0 Å². The Balaban J connectivity index is 1.93. The van der Waals surface area contributed by atoms with E-state index in [4.69, 9.17) is 4.42 Å². The van der Waals surface area contributed by atoms with E-state index in [0.29, 0.717) is 0 Å². The summed E-state index contributed by atoms with van der Waals surface area (Å²) in [6.45, 7) is 3.67. The Morgan fingerprint density at radius 1 is 1.31 bits per heavy atom. The molecule has 1 aliphatic rings. The molecule has 0 aromatic carbocycles. The first kappa shape index (κ1) is 11.0. The smallest absolute Gasteiger partial charge is 0.246 e. The summed E-state index contributed by atoms with van der Waals surface area (Å²) >= 11 is 0. The fourth-order valence-corrected chi connectivity index (χ4v) is 1.92. The number of furan rings is 1. The molecule has 1 aromatic rings. The zero-order valence-corrected chi connectivity index (χ0v) is 9.61. The number of carbonyl (C=O) groups excluding carboxylic acids is 1. The van der Waals surface area contributed by atoms with Crippen molar-refractivity contribution >= 4 is 12.0 Å². The highest BCUT2D eigenvalue weighted by atomic mass is 16.3. The Bertz CT molecular complexity index is 386. The van der Waals surface area contributed by atoms with Gasteiger partial charge in [0.15, 0.2) is 0 Å². The summed E-state index contributed by atoms with van der Waals surface area (Å²) in [5.41, 5.74) is 0. The predicted octanol–water partition coefficient (Wildman–Crippen LogP) is 2.61. The van der Waals surface area contributed by atoms with E-state index in [1.165, 1.54) is 6.42 Å². The average Bonchev–Trinajstić information content (AvgIpc) is 2.73. The van der Waals surface area contributed by atoms with Crippen molar-refractivity contribution in [1.82, 2.24) is 4.90 Å². The van der Waals surface area contributed by atoms with Crippen LogP contribution in [0.3, 0.4) is 0 Å². The van der Waals surface area contributed by atoms with E-state index in [2.05, 4.69) is 0 Å². The van der Waals surface area contributed by atoms with Crippen LogP contribution in [0.4, 0.5) is 0 Å². The van der Waals surface area contributed by atoms with Gasteiger partial charge in [-0.1, -0.05) is 0 Å². The Morgan fingerprint density at radius 3 is 2.69 bits per heavy atom. The normalized spacial score (nSPS) is 16.9. The molecule has 1 aliphatic heterocycles. The molecule has 1 fully saturated rings. The van der Waals surface area contributed by atoms with Gasteiger partial charge < -0.3 is 9.32 Å². The summed E-state index contributed by atoms with van der Waals surface area (Å²) in [4.78, 5) is 13.7. The van der Waals surface area contributed by atoms with Crippen molar-refractivity contribution < 1.29 is 9.21 Å². The van der Waals surface area contributed by atoms with Crippen molar-refractivity contribution in [2.75, 3.05) is 13.1 Å². The minimum Gasteiger partial charge on any atom is -0.462 e. The summed E-state index contributed by atoms with van der Waals surface area (Å²) in [6, 6.07) is 3.76. The number of aryl methyl sites for hydroxylation is 1. The van der Waals surface area contributed by atoms with Crippen molar-refractivity contribution in [2.45, 2.75) is 26.2 Å². The highest BCUT2D eigenvalue weighted by Gasteiger charge is 2.13. The van der Waals surface area contributed by atoms with E-state index in [-0.39, 0.29) is 5.91 Å². The zero-order chi connectivity index (χ0) is 11.4. The summed E-state index contributed by atoms with van der Waals surface area (Å²) in [7, 11) is 0. The molecule has 2 rings (SSSR count). The van der Waals surface area contributed by atoms with Gasteiger partial charge in [-0.3, -0.25) is 4.79 Å². The monoisotopic (exact) mass is 219 g/mol. The van der Waals surface area contributed by atoms with Gasteiger partial charge in [0.2, 0.25) is 5.91 Å². The van der Waals surface area contributed by atoms with Crippen molar-refractivity contribution in [3.63, 3.8) is 0 Å². The van der Waals surface area contributed by atoms with Gasteiger partial charge in [0.05, 0.1) is 0 Å². The van der Waals surface area contributed by atoms with E-state index in [9.17, 15) is 4.79 Å². The molecule has 86 valence electrons. The molecule has 0 radical (unpaired) electrons. The molecule has 0 N–H and O–H groups in total. The molecule has 2 heterocycles. The maximum Gasteiger partial charge on any atom is 0.246 e. The number of amides is 1. The van der Waals surface area contributed by atoms with Crippen LogP contribution in [0.2, 0.25) is 0 Å². The summed E-state index contributed by atoms with van der Waals surface area (Å²) in [5, 5.41) is 0. The molecule has 1 amide bonds. The Labute approximate surface area is 95.7 Å². The summed E-state index contributed by atoms with van der Waals surface area (Å²) < 4.78 is 5.36. The number of nitrogens with zero attached hydrogens (tertiary/aromatic N) is 1. The average molecular weight is 219 g/mol. The van der Waals surface area contributed by atoms with Gasteiger partial charge in [-0.15, -0.1) is 0 Å². The highest BCUT2D eigenvalue weighted by Crippen LogP contribution is 2.11. The van der Waals surface area contributed by atoms with E-state index < -0.39 is 0 Å². The molecule has 0 spiro atoms. The molecule has 3 heteroatoms. The predicted molar refractivity (Wildman–Crippen MR) is 62.9 cm³/mol. The van der Waals surface area contributed by atoms with Crippen molar-refractivity contribution in [3.05, 3.63) is 29.7 Å². The summed E-state index contributed by atoms with van der Waals surface area (Å²) in [6.07, 6.45) is 6.83. The lowest BCUT2D eigenvalue weighted by atomic mass is 10.1. The Kier molecular flexibility index (Phi) is 3.44. The molecule has 0 aliphatic carbocycles. The van der Waals surface area contributed by atoms with Gasteiger partial charge in [-0.2, -0.15) is 0 Å². The Hall–Kier alpha value is -1.51. The number of hydrogen-bond donors (Lipinski definition) is 0. The van der Waals surface area contributed by atoms with E-state index in [0.717, 1.165) is 37.5 Å². The molecular formula is C13H17NO2. The largest absolute Gasteiger partial charge is 0.462 e. The third kappa shape index (κ3) is 2.75. The van der Waals surface area contributed by atoms with Crippen LogP contribution >= 0.6 is 0 Å². The first-order valence-corrected chi connectivity index (χ1v) is 5.79. The second kappa shape index (κ2) is 5.01. The first-order valence-electron chi connectivity index (χ1n) is 5.79. The lowest BCUT2D eigenvalue weighted by molar-refractivity contribution is -0.126. The molecule has 3 nitrogen and oxygen atoms in total. The van der Waals surface area contributed by atoms with Gasteiger partial charge >= 0.3 is 0 Å². The molecule has 1 aromatic heterocycles. The van der Waals surface area contributed by atoms with Gasteiger partial charge in [0.25, 0.3) is 0 Å². The fourth-order valence-electron chi connectivity index (χ4n) is 1.92. The molecule has 1 saturated heterocycles. The van der Waals surface area contributed by atoms with Crippen molar-refractivity contribution in [2.24, 2.45) is 0 Å². The lowest BCUT2D eigenvalue weighted by Gasteiger charge is -2.25. The van der Waals surface area contributed by atoms with Crippen LogP contribution in [-0.2, 0) is 4.79 Å². The van der Waals surface area contributed by atoms with Crippen LogP contribution in [0.25, 0.3) is 6.08 Å². The lowest BCUT2D eigenvalue weighted by Crippen LogP contribution is -2.34. The van der Waals surface area contributed by atoms with Gasteiger partial charge in [0, 0.05) is 19.2 Å². The standard InChI is InChI=1S/C13H17NO2/c1-11-5-6-12(16-11)7-8-13(15)14-9-3-2-4-10-14/h5-8H,2-4,9-10H2,1H3/b8-7-. The first-order chi connectivity index (χ1) is 7.75. The minimum atomic E-state index is 0.0914. The van der Waals surface area contributed by atoms with Gasteiger partial charge in [-0.05, 0) is 44.4 Å². The van der Waals surface area contributed by atoms with Crippen molar-refractivity contribution in [1.29, 1.82) is 0 Å². The number of likely N-dealkylation sites (tertiary alicyclic amines) is 1. The van der Waals surface area contributed by atoms with Crippen LogP contribution in [0.15, 0.2) is 22.6 Å².